The van der Waals surface area contributed by atoms with Crippen molar-refractivity contribution in [3.63, 3.8) is 0 Å². The molecule has 190 valence electrons. The Morgan fingerprint density at radius 1 is 0.838 bits per heavy atom. The van der Waals surface area contributed by atoms with Gasteiger partial charge in [-0.2, -0.15) is 0 Å². The van der Waals surface area contributed by atoms with Gasteiger partial charge in [-0.3, -0.25) is 4.79 Å². The lowest BCUT2D eigenvalue weighted by Gasteiger charge is -2.12. The summed E-state index contributed by atoms with van der Waals surface area (Å²) in [5.74, 6) is -0.753. The smallest absolute Gasteiger partial charge is 0.339 e. The van der Waals surface area contributed by atoms with Crippen molar-refractivity contribution in [2.45, 2.75) is 59.3 Å². The van der Waals surface area contributed by atoms with E-state index in [1.807, 2.05) is 44.2 Å². The number of ether oxygens (including phenoxy) is 1. The van der Waals surface area contributed by atoms with Crippen molar-refractivity contribution in [2.75, 3.05) is 6.61 Å². The first kappa shape index (κ1) is 26.3. The molecule has 0 bridgehead atoms. The van der Waals surface area contributed by atoms with Crippen molar-refractivity contribution in [1.82, 2.24) is 4.98 Å². The fourth-order valence-electron chi connectivity index (χ4n) is 4.52. The molecule has 0 fully saturated rings. The monoisotopic (exact) mass is 493 g/mol. The summed E-state index contributed by atoms with van der Waals surface area (Å²) in [6, 6.07) is 23.2. The Kier molecular flexibility index (Phi) is 8.84. The molecule has 0 radical (unpaired) electrons. The number of aryl methyl sites for hydroxylation is 3. The Labute approximate surface area is 219 Å². The number of rotatable bonds is 11. The zero-order valence-electron chi connectivity index (χ0n) is 22.0. The average Bonchev–Trinajstić information content (AvgIpc) is 2.92. The van der Waals surface area contributed by atoms with Crippen LogP contribution in [0.4, 0.5) is 0 Å². The lowest BCUT2D eigenvalue weighted by Crippen LogP contribution is -2.15. The number of esters is 1. The highest BCUT2D eigenvalue weighted by atomic mass is 16.5. The number of unbranched alkanes of at least 4 members (excludes halogenated alkanes) is 4. The van der Waals surface area contributed by atoms with E-state index in [2.05, 4.69) is 31.2 Å². The first-order valence-electron chi connectivity index (χ1n) is 13.2. The van der Waals surface area contributed by atoms with Crippen molar-refractivity contribution in [3.8, 4) is 11.3 Å². The van der Waals surface area contributed by atoms with Gasteiger partial charge in [-0.1, -0.05) is 105 Å². The van der Waals surface area contributed by atoms with E-state index in [1.54, 1.807) is 18.2 Å². The summed E-state index contributed by atoms with van der Waals surface area (Å²) in [6.45, 7) is 5.87. The number of pyridine rings is 1. The van der Waals surface area contributed by atoms with Crippen LogP contribution >= 0.6 is 0 Å². The maximum Gasteiger partial charge on any atom is 0.339 e. The standard InChI is InChI=1S/C33H35NO3/c1-4-5-6-7-8-11-25-15-19-26(20-16-25)30-21-29(28-12-9-10-24(3)32(28)34-30)33(36)37-22-31(35)27-17-13-23(2)14-18-27/h9-10,12-21H,4-8,11,22H2,1-3H3. The van der Waals surface area contributed by atoms with Crippen molar-refractivity contribution < 1.29 is 14.3 Å². The van der Waals surface area contributed by atoms with Crippen LogP contribution in [0.3, 0.4) is 0 Å². The quantitative estimate of drug-likeness (QED) is 0.120. The minimum atomic E-state index is -0.525. The third kappa shape index (κ3) is 6.71. The molecule has 4 aromatic rings. The van der Waals surface area contributed by atoms with Gasteiger partial charge >= 0.3 is 5.97 Å². The molecular weight excluding hydrogens is 458 g/mol. The normalized spacial score (nSPS) is 11.0. The summed E-state index contributed by atoms with van der Waals surface area (Å²) in [7, 11) is 0. The van der Waals surface area contributed by atoms with Gasteiger partial charge in [0, 0.05) is 16.5 Å². The molecule has 0 unspecified atom stereocenters. The van der Waals surface area contributed by atoms with Crippen LogP contribution in [0.5, 0.6) is 0 Å². The Hall–Kier alpha value is -3.79. The predicted molar refractivity (Wildman–Crippen MR) is 150 cm³/mol. The summed E-state index contributed by atoms with van der Waals surface area (Å²) in [6.07, 6.45) is 7.39. The molecule has 0 saturated heterocycles. The molecule has 0 amide bonds. The van der Waals surface area contributed by atoms with Gasteiger partial charge in [0.05, 0.1) is 16.8 Å². The van der Waals surface area contributed by atoms with Gasteiger partial charge in [0.25, 0.3) is 0 Å². The molecule has 0 aliphatic rings. The number of fused-ring (bicyclic) bond motifs is 1. The fourth-order valence-corrected chi connectivity index (χ4v) is 4.52. The van der Waals surface area contributed by atoms with Crippen LogP contribution in [0, 0.1) is 13.8 Å². The summed E-state index contributed by atoms with van der Waals surface area (Å²) in [5.41, 5.74) is 6.73. The second-order valence-electron chi connectivity index (χ2n) is 9.75. The molecule has 4 nitrogen and oxygen atoms in total. The Morgan fingerprint density at radius 3 is 2.30 bits per heavy atom. The zero-order chi connectivity index (χ0) is 26.2. The van der Waals surface area contributed by atoms with Crippen molar-refractivity contribution >= 4 is 22.7 Å². The molecule has 3 aromatic carbocycles. The highest BCUT2D eigenvalue weighted by molar-refractivity contribution is 6.06. The topological polar surface area (TPSA) is 56.3 Å². The molecule has 4 rings (SSSR count). The van der Waals surface area contributed by atoms with E-state index >= 15 is 0 Å². The molecule has 0 saturated carbocycles. The van der Waals surface area contributed by atoms with Gasteiger partial charge in [-0.05, 0) is 43.9 Å². The summed E-state index contributed by atoms with van der Waals surface area (Å²) >= 11 is 0. The molecule has 1 aromatic heterocycles. The highest BCUT2D eigenvalue weighted by Crippen LogP contribution is 2.28. The first-order chi connectivity index (χ1) is 18.0. The third-order valence-corrected chi connectivity index (χ3v) is 6.79. The average molecular weight is 494 g/mol. The van der Waals surface area contributed by atoms with E-state index in [1.165, 1.54) is 37.7 Å². The van der Waals surface area contributed by atoms with Crippen molar-refractivity contribution in [2.24, 2.45) is 0 Å². The molecule has 0 atom stereocenters. The van der Waals surface area contributed by atoms with Gasteiger partial charge in [-0.15, -0.1) is 0 Å². The molecule has 1 heterocycles. The number of ketones is 1. The Balaban J connectivity index is 1.54. The number of carbonyl (C=O) groups is 2. The number of hydrogen-bond acceptors (Lipinski definition) is 4. The molecular formula is C33H35NO3. The van der Waals surface area contributed by atoms with E-state index in [9.17, 15) is 9.59 Å². The lowest BCUT2D eigenvalue weighted by molar-refractivity contribution is 0.0476. The maximum absolute atomic E-state index is 13.2. The zero-order valence-corrected chi connectivity index (χ0v) is 22.0. The SMILES string of the molecule is CCCCCCCc1ccc(-c2cc(C(=O)OCC(=O)c3ccc(C)cc3)c3cccc(C)c3n2)cc1. The van der Waals surface area contributed by atoms with Gasteiger partial charge in [0.1, 0.15) is 0 Å². The predicted octanol–water partition coefficient (Wildman–Crippen LogP) is 8.07. The minimum absolute atomic E-state index is 0.228. The fraction of sp³-hybridized carbons (Fsp3) is 0.303. The molecule has 37 heavy (non-hydrogen) atoms. The van der Waals surface area contributed by atoms with Crippen molar-refractivity contribution in [3.05, 3.63) is 101 Å². The molecule has 4 heteroatoms. The van der Waals surface area contributed by atoms with E-state index < -0.39 is 5.97 Å². The molecule has 0 aliphatic carbocycles. The van der Waals surface area contributed by atoms with Crippen molar-refractivity contribution in [1.29, 1.82) is 0 Å². The number of nitrogens with zero attached hydrogens (tertiary/aromatic N) is 1. The number of aromatic nitrogens is 1. The van der Waals surface area contributed by atoms with Crippen LogP contribution in [0.2, 0.25) is 0 Å². The van der Waals surface area contributed by atoms with Crippen LogP contribution < -0.4 is 0 Å². The molecule has 0 aliphatic heterocycles. The Bertz CT molecular complexity index is 1370. The number of hydrogen-bond donors (Lipinski definition) is 0. The first-order valence-corrected chi connectivity index (χ1v) is 13.2. The lowest BCUT2D eigenvalue weighted by atomic mass is 10.00. The van der Waals surface area contributed by atoms with Gasteiger partial charge < -0.3 is 4.74 Å². The number of Topliss-reactive ketones (excluding diaryl/α,β-unsaturated/α-hetero) is 1. The van der Waals surface area contributed by atoms with Crippen LogP contribution in [0.25, 0.3) is 22.2 Å². The van der Waals surface area contributed by atoms with Gasteiger partial charge in [0.2, 0.25) is 0 Å². The number of para-hydroxylation sites is 1. The highest BCUT2D eigenvalue weighted by Gasteiger charge is 2.18. The van der Waals surface area contributed by atoms with Crippen LogP contribution in [-0.2, 0) is 11.2 Å². The second kappa shape index (κ2) is 12.4. The van der Waals surface area contributed by atoms with E-state index in [0.717, 1.165) is 34.0 Å². The number of carbonyl (C=O) groups excluding carboxylic acids is 2. The van der Waals surface area contributed by atoms with Crippen LogP contribution in [0.15, 0.2) is 72.8 Å². The maximum atomic E-state index is 13.2. The van der Waals surface area contributed by atoms with Crippen LogP contribution in [-0.4, -0.2) is 23.3 Å². The molecule has 0 spiro atoms. The van der Waals surface area contributed by atoms with Crippen LogP contribution in [0.1, 0.15) is 76.4 Å². The summed E-state index contributed by atoms with van der Waals surface area (Å²) in [5, 5.41) is 0.722. The van der Waals surface area contributed by atoms with Gasteiger partial charge in [-0.25, -0.2) is 9.78 Å². The largest absolute Gasteiger partial charge is 0.454 e. The van der Waals surface area contributed by atoms with Gasteiger partial charge in [0.15, 0.2) is 12.4 Å². The molecule has 0 N–H and O–H groups in total. The van der Waals surface area contributed by atoms with E-state index in [4.69, 9.17) is 9.72 Å². The second-order valence-corrected chi connectivity index (χ2v) is 9.75. The Morgan fingerprint density at radius 2 is 1.57 bits per heavy atom. The number of benzene rings is 3. The summed E-state index contributed by atoms with van der Waals surface area (Å²) in [4.78, 5) is 30.6. The van der Waals surface area contributed by atoms with E-state index in [0.29, 0.717) is 16.8 Å². The summed E-state index contributed by atoms with van der Waals surface area (Å²) < 4.78 is 5.49. The van der Waals surface area contributed by atoms with E-state index in [-0.39, 0.29) is 12.4 Å². The third-order valence-electron chi connectivity index (χ3n) is 6.79. The minimum Gasteiger partial charge on any atom is -0.454 e.